The van der Waals surface area contributed by atoms with Gasteiger partial charge in [-0.25, -0.2) is 0 Å². The van der Waals surface area contributed by atoms with Crippen LogP contribution < -0.4 is 10.8 Å². The molecule has 3 nitrogen and oxygen atoms in total. The van der Waals surface area contributed by atoms with Gasteiger partial charge in [-0.3, -0.25) is 0 Å². The molecule has 0 aromatic rings. The fourth-order valence-electron chi connectivity index (χ4n) is 0.857. The SMILES string of the molecule is CCC/C(C(=O)[O-])=C(/N)CC. The van der Waals surface area contributed by atoms with Gasteiger partial charge in [-0.05, 0) is 18.4 Å². The van der Waals surface area contributed by atoms with Crippen molar-refractivity contribution in [2.75, 3.05) is 0 Å². The molecular formula is C8H14NO2-. The van der Waals surface area contributed by atoms with Crippen molar-refractivity contribution in [3.63, 3.8) is 0 Å². The molecule has 0 saturated heterocycles. The van der Waals surface area contributed by atoms with E-state index >= 15 is 0 Å². The van der Waals surface area contributed by atoms with E-state index in [0.29, 0.717) is 18.5 Å². The molecule has 0 aliphatic heterocycles. The van der Waals surface area contributed by atoms with E-state index < -0.39 is 5.97 Å². The zero-order valence-corrected chi connectivity index (χ0v) is 7.02. The predicted molar refractivity (Wildman–Crippen MR) is 41.4 cm³/mol. The van der Waals surface area contributed by atoms with Crippen molar-refractivity contribution in [2.24, 2.45) is 5.73 Å². The van der Waals surface area contributed by atoms with Gasteiger partial charge < -0.3 is 15.6 Å². The van der Waals surface area contributed by atoms with Crippen LogP contribution in [0.15, 0.2) is 11.3 Å². The molecule has 0 aliphatic rings. The smallest absolute Gasteiger partial charge is 0.0692 e. The number of carbonyl (C=O) groups excluding carboxylic acids is 1. The zero-order valence-electron chi connectivity index (χ0n) is 7.02. The van der Waals surface area contributed by atoms with Gasteiger partial charge in [0.05, 0.1) is 5.97 Å². The molecule has 0 aliphatic carbocycles. The molecule has 64 valence electrons. The summed E-state index contributed by atoms with van der Waals surface area (Å²) in [5.41, 5.74) is 6.16. The highest BCUT2D eigenvalue weighted by atomic mass is 16.4. The third kappa shape index (κ3) is 3.07. The minimum absolute atomic E-state index is 0.259. The number of carboxylic acid groups (broad SMARTS) is 1. The third-order valence-corrected chi connectivity index (χ3v) is 1.51. The van der Waals surface area contributed by atoms with Gasteiger partial charge in [0.2, 0.25) is 0 Å². The Morgan fingerprint density at radius 2 is 2.00 bits per heavy atom. The minimum Gasteiger partial charge on any atom is -0.545 e. The van der Waals surface area contributed by atoms with Crippen LogP contribution in [0.5, 0.6) is 0 Å². The Hall–Kier alpha value is -0.990. The van der Waals surface area contributed by atoms with Gasteiger partial charge in [-0.1, -0.05) is 20.3 Å². The molecule has 0 bridgehead atoms. The van der Waals surface area contributed by atoms with E-state index in [-0.39, 0.29) is 5.57 Å². The molecule has 0 radical (unpaired) electrons. The Bertz CT molecular complexity index is 173. The molecule has 3 heteroatoms. The van der Waals surface area contributed by atoms with E-state index in [2.05, 4.69) is 0 Å². The van der Waals surface area contributed by atoms with Crippen LogP contribution in [0.25, 0.3) is 0 Å². The number of carboxylic acids is 1. The standard InChI is InChI=1S/C8H15NO2/c1-3-5-6(8(10)11)7(9)4-2/h3-5,9H2,1-2H3,(H,10,11)/p-1/b7-6-. The van der Waals surface area contributed by atoms with Crippen molar-refractivity contribution in [1.82, 2.24) is 0 Å². The highest BCUT2D eigenvalue weighted by Gasteiger charge is 2.01. The number of hydrogen-bond donors (Lipinski definition) is 1. The van der Waals surface area contributed by atoms with Crippen molar-refractivity contribution in [3.05, 3.63) is 11.3 Å². The fourth-order valence-corrected chi connectivity index (χ4v) is 0.857. The van der Waals surface area contributed by atoms with Gasteiger partial charge in [0.15, 0.2) is 0 Å². The summed E-state index contributed by atoms with van der Waals surface area (Å²) < 4.78 is 0. The van der Waals surface area contributed by atoms with Crippen LogP contribution >= 0.6 is 0 Å². The average molecular weight is 156 g/mol. The van der Waals surface area contributed by atoms with E-state index in [1.54, 1.807) is 0 Å². The first-order valence-electron chi connectivity index (χ1n) is 3.82. The van der Waals surface area contributed by atoms with Crippen LogP contribution in [-0.4, -0.2) is 5.97 Å². The molecule has 0 aromatic carbocycles. The van der Waals surface area contributed by atoms with Crippen molar-refractivity contribution in [3.8, 4) is 0 Å². The molecule has 0 fully saturated rings. The van der Waals surface area contributed by atoms with Crippen LogP contribution in [-0.2, 0) is 4.79 Å². The Morgan fingerprint density at radius 1 is 1.45 bits per heavy atom. The summed E-state index contributed by atoms with van der Waals surface area (Å²) in [7, 11) is 0. The van der Waals surface area contributed by atoms with Crippen molar-refractivity contribution in [2.45, 2.75) is 33.1 Å². The van der Waals surface area contributed by atoms with E-state index in [1.165, 1.54) is 0 Å². The number of carbonyl (C=O) groups is 1. The lowest BCUT2D eigenvalue weighted by Crippen LogP contribution is -2.27. The van der Waals surface area contributed by atoms with Gasteiger partial charge in [0.25, 0.3) is 0 Å². The largest absolute Gasteiger partial charge is 0.545 e. The summed E-state index contributed by atoms with van der Waals surface area (Å²) in [4.78, 5) is 10.4. The summed E-state index contributed by atoms with van der Waals surface area (Å²) in [6, 6.07) is 0. The van der Waals surface area contributed by atoms with Crippen molar-refractivity contribution in [1.29, 1.82) is 0 Å². The summed E-state index contributed by atoms with van der Waals surface area (Å²) in [6.07, 6.45) is 1.86. The lowest BCUT2D eigenvalue weighted by atomic mass is 10.1. The molecular weight excluding hydrogens is 142 g/mol. The van der Waals surface area contributed by atoms with Crippen LogP contribution in [0.3, 0.4) is 0 Å². The quantitative estimate of drug-likeness (QED) is 0.589. The molecule has 0 rings (SSSR count). The van der Waals surface area contributed by atoms with Gasteiger partial charge >= 0.3 is 0 Å². The maximum atomic E-state index is 10.4. The predicted octanol–water partition coefficient (Wildman–Crippen LogP) is 0.159. The number of aliphatic carboxylic acids is 1. The third-order valence-electron chi connectivity index (χ3n) is 1.51. The van der Waals surface area contributed by atoms with Crippen LogP contribution in [0.2, 0.25) is 0 Å². The first-order chi connectivity index (χ1) is 5.13. The lowest BCUT2D eigenvalue weighted by molar-refractivity contribution is -0.299. The van der Waals surface area contributed by atoms with E-state index in [9.17, 15) is 9.90 Å². The van der Waals surface area contributed by atoms with Crippen LogP contribution in [0.1, 0.15) is 33.1 Å². The number of hydrogen-bond acceptors (Lipinski definition) is 3. The molecule has 0 atom stereocenters. The maximum Gasteiger partial charge on any atom is 0.0692 e. The Balaban J connectivity index is 4.43. The number of rotatable bonds is 4. The van der Waals surface area contributed by atoms with Gasteiger partial charge in [-0.15, -0.1) is 0 Å². The highest BCUT2D eigenvalue weighted by Crippen LogP contribution is 2.08. The molecule has 0 saturated carbocycles. The highest BCUT2D eigenvalue weighted by molar-refractivity contribution is 5.85. The minimum atomic E-state index is -1.13. The molecule has 0 spiro atoms. The zero-order chi connectivity index (χ0) is 8.85. The first kappa shape index (κ1) is 10.0. The van der Waals surface area contributed by atoms with Crippen LogP contribution in [0.4, 0.5) is 0 Å². The second-order valence-corrected chi connectivity index (χ2v) is 2.39. The van der Waals surface area contributed by atoms with Gasteiger partial charge in [0, 0.05) is 5.70 Å². The second-order valence-electron chi connectivity index (χ2n) is 2.39. The van der Waals surface area contributed by atoms with Crippen molar-refractivity contribution < 1.29 is 9.90 Å². The summed E-state index contributed by atoms with van der Waals surface area (Å²) in [5, 5.41) is 10.4. The van der Waals surface area contributed by atoms with E-state index in [0.717, 1.165) is 6.42 Å². The second kappa shape index (κ2) is 4.77. The monoisotopic (exact) mass is 156 g/mol. The summed E-state index contributed by atoms with van der Waals surface area (Å²) >= 11 is 0. The average Bonchev–Trinajstić information content (AvgIpc) is 1.98. The van der Waals surface area contributed by atoms with Gasteiger partial charge in [0.1, 0.15) is 0 Å². The van der Waals surface area contributed by atoms with Crippen LogP contribution in [0, 0.1) is 0 Å². The molecule has 0 amide bonds. The topological polar surface area (TPSA) is 66.1 Å². The van der Waals surface area contributed by atoms with E-state index in [4.69, 9.17) is 5.73 Å². The fraction of sp³-hybridized carbons (Fsp3) is 0.625. The molecule has 2 N–H and O–H groups in total. The molecule has 11 heavy (non-hydrogen) atoms. The normalized spacial score (nSPS) is 12.5. The Kier molecular flexibility index (Phi) is 4.34. The first-order valence-corrected chi connectivity index (χ1v) is 3.82. The maximum absolute atomic E-state index is 10.4. The summed E-state index contributed by atoms with van der Waals surface area (Å²) in [6.45, 7) is 3.74. The Labute approximate surface area is 66.9 Å². The molecule has 0 aromatic heterocycles. The van der Waals surface area contributed by atoms with E-state index in [1.807, 2.05) is 13.8 Å². The number of nitrogens with two attached hydrogens (primary N) is 1. The molecule has 0 heterocycles. The number of allylic oxidation sites excluding steroid dienone is 1. The summed E-state index contributed by atoms with van der Waals surface area (Å²) in [5.74, 6) is -1.13. The van der Waals surface area contributed by atoms with Gasteiger partial charge in [-0.2, -0.15) is 0 Å². The van der Waals surface area contributed by atoms with Crippen molar-refractivity contribution >= 4 is 5.97 Å². The molecule has 0 unspecified atom stereocenters. The lowest BCUT2D eigenvalue weighted by Gasteiger charge is -2.10. The Morgan fingerprint density at radius 3 is 2.27 bits per heavy atom.